The molecule has 1 aromatic carbocycles. The highest BCUT2D eigenvalue weighted by atomic mass is 32.2. The zero-order valence-electron chi connectivity index (χ0n) is 13.1. The first-order chi connectivity index (χ1) is 10.2. The van der Waals surface area contributed by atoms with Gasteiger partial charge in [0.1, 0.15) is 5.75 Å². The summed E-state index contributed by atoms with van der Waals surface area (Å²) in [6.45, 7) is 4.79. The van der Waals surface area contributed by atoms with E-state index >= 15 is 0 Å². The van der Waals surface area contributed by atoms with E-state index in [1.807, 2.05) is 26.0 Å². The first-order valence-electron chi connectivity index (χ1n) is 7.15. The van der Waals surface area contributed by atoms with E-state index in [-0.39, 0.29) is 23.5 Å². The van der Waals surface area contributed by atoms with Crippen LogP contribution >= 0.6 is 0 Å². The highest BCUT2D eigenvalue weighted by Crippen LogP contribution is 2.28. The molecule has 0 radical (unpaired) electrons. The molecule has 0 bridgehead atoms. The largest absolute Gasteiger partial charge is 0.496 e. The second-order valence-corrected chi connectivity index (χ2v) is 7.64. The molecule has 1 amide bonds. The lowest BCUT2D eigenvalue weighted by Crippen LogP contribution is -2.31. The maximum absolute atomic E-state index is 12.7. The number of sulfonamides is 1. The molecule has 1 aromatic rings. The predicted molar refractivity (Wildman–Crippen MR) is 84.3 cm³/mol. The quantitative estimate of drug-likeness (QED) is 0.894. The van der Waals surface area contributed by atoms with Gasteiger partial charge in [0.2, 0.25) is 10.0 Å². The molecule has 6 nitrogen and oxygen atoms in total. The molecule has 1 fully saturated rings. The normalized spacial score (nSPS) is 21.9. The van der Waals surface area contributed by atoms with Crippen LogP contribution in [0.5, 0.6) is 5.75 Å². The molecule has 1 aliphatic heterocycles. The van der Waals surface area contributed by atoms with Crippen molar-refractivity contribution in [1.29, 1.82) is 0 Å². The van der Waals surface area contributed by atoms with Crippen LogP contribution in [-0.4, -0.2) is 45.2 Å². The van der Waals surface area contributed by atoms with Crippen molar-refractivity contribution < 1.29 is 17.9 Å². The van der Waals surface area contributed by atoms with Crippen molar-refractivity contribution in [2.24, 2.45) is 17.0 Å². The average molecular weight is 326 g/mol. The molecule has 1 aliphatic rings. The van der Waals surface area contributed by atoms with Gasteiger partial charge in [-0.2, -0.15) is 0 Å². The van der Waals surface area contributed by atoms with Crippen LogP contribution in [0.3, 0.4) is 0 Å². The lowest BCUT2D eigenvalue weighted by molar-refractivity contribution is 0.0781. The van der Waals surface area contributed by atoms with Crippen LogP contribution in [0, 0.1) is 18.8 Å². The molecule has 22 heavy (non-hydrogen) atoms. The van der Waals surface area contributed by atoms with E-state index in [4.69, 9.17) is 9.88 Å². The van der Waals surface area contributed by atoms with E-state index in [1.165, 1.54) is 7.11 Å². The maximum atomic E-state index is 12.7. The predicted octanol–water partition coefficient (Wildman–Crippen LogP) is 1.00. The Bertz CT molecular complexity index is 672. The lowest BCUT2D eigenvalue weighted by atomic mass is 10.0. The Morgan fingerprint density at radius 1 is 1.41 bits per heavy atom. The smallest absolute Gasteiger partial charge is 0.257 e. The SMILES string of the molecule is COc1cc(C)ccc1C(=O)N1C[C@@H](CS(N)(=O)=O)[C@H](C)C1. The van der Waals surface area contributed by atoms with Crippen molar-refractivity contribution in [3.05, 3.63) is 29.3 Å². The topological polar surface area (TPSA) is 89.7 Å². The molecule has 2 atom stereocenters. The lowest BCUT2D eigenvalue weighted by Gasteiger charge is -2.18. The number of carbonyl (C=O) groups excluding carboxylic acids is 1. The van der Waals surface area contributed by atoms with Crippen molar-refractivity contribution in [1.82, 2.24) is 4.90 Å². The molecular weight excluding hydrogens is 304 g/mol. The molecule has 1 heterocycles. The summed E-state index contributed by atoms with van der Waals surface area (Å²) in [6, 6.07) is 5.42. The molecular formula is C15H22N2O4S. The van der Waals surface area contributed by atoms with Crippen molar-refractivity contribution >= 4 is 15.9 Å². The average Bonchev–Trinajstić information content (AvgIpc) is 2.77. The van der Waals surface area contributed by atoms with Gasteiger partial charge in [0.15, 0.2) is 0 Å². The molecule has 2 rings (SSSR count). The minimum atomic E-state index is -3.54. The zero-order valence-corrected chi connectivity index (χ0v) is 13.9. The molecule has 0 aromatic heterocycles. The van der Waals surface area contributed by atoms with Crippen LogP contribution in [-0.2, 0) is 10.0 Å². The standard InChI is InChI=1S/C15H22N2O4S/c1-10-4-5-13(14(6-10)21-3)15(18)17-7-11(2)12(8-17)9-22(16,19)20/h4-6,11-12H,7-9H2,1-3H3,(H2,16,19,20)/t11-,12+/m1/s1. The summed E-state index contributed by atoms with van der Waals surface area (Å²) < 4.78 is 27.8. The van der Waals surface area contributed by atoms with Gasteiger partial charge >= 0.3 is 0 Å². The van der Waals surface area contributed by atoms with Crippen molar-refractivity contribution in [3.63, 3.8) is 0 Å². The fourth-order valence-corrected chi connectivity index (χ4v) is 3.89. The number of methoxy groups -OCH3 is 1. The molecule has 0 spiro atoms. The fourth-order valence-electron chi connectivity index (χ4n) is 2.86. The summed E-state index contributed by atoms with van der Waals surface area (Å²) in [7, 11) is -2.01. The van der Waals surface area contributed by atoms with Crippen LogP contribution in [0.1, 0.15) is 22.8 Å². The van der Waals surface area contributed by atoms with E-state index in [0.29, 0.717) is 24.4 Å². The summed E-state index contributed by atoms with van der Waals surface area (Å²) in [5.74, 6) is 0.269. The first kappa shape index (κ1) is 16.8. The van der Waals surface area contributed by atoms with Crippen LogP contribution < -0.4 is 9.88 Å². The monoisotopic (exact) mass is 326 g/mol. The number of aryl methyl sites for hydroxylation is 1. The number of nitrogens with two attached hydrogens (primary N) is 1. The van der Waals surface area contributed by atoms with Gasteiger partial charge in [0, 0.05) is 13.1 Å². The van der Waals surface area contributed by atoms with E-state index in [9.17, 15) is 13.2 Å². The number of hydrogen-bond acceptors (Lipinski definition) is 4. The van der Waals surface area contributed by atoms with Crippen LogP contribution in [0.25, 0.3) is 0 Å². The van der Waals surface area contributed by atoms with Gasteiger partial charge in [-0.3, -0.25) is 4.79 Å². The van der Waals surface area contributed by atoms with Gasteiger partial charge < -0.3 is 9.64 Å². The van der Waals surface area contributed by atoms with Crippen molar-refractivity contribution in [2.45, 2.75) is 13.8 Å². The van der Waals surface area contributed by atoms with Gasteiger partial charge in [-0.15, -0.1) is 0 Å². The maximum Gasteiger partial charge on any atom is 0.257 e. The summed E-state index contributed by atoms with van der Waals surface area (Å²) in [6.07, 6.45) is 0. The van der Waals surface area contributed by atoms with Crippen LogP contribution in [0.15, 0.2) is 18.2 Å². The fraction of sp³-hybridized carbons (Fsp3) is 0.533. The number of amides is 1. The van der Waals surface area contributed by atoms with E-state index in [0.717, 1.165) is 5.56 Å². The molecule has 0 saturated carbocycles. The van der Waals surface area contributed by atoms with Gasteiger partial charge in [-0.25, -0.2) is 13.6 Å². The Morgan fingerprint density at radius 2 is 2.09 bits per heavy atom. The molecule has 1 saturated heterocycles. The Morgan fingerprint density at radius 3 is 2.68 bits per heavy atom. The molecule has 2 N–H and O–H groups in total. The minimum absolute atomic E-state index is 0.0943. The molecule has 122 valence electrons. The number of likely N-dealkylation sites (tertiary alicyclic amines) is 1. The third kappa shape index (κ3) is 3.78. The molecule has 0 aliphatic carbocycles. The van der Waals surface area contributed by atoms with Gasteiger partial charge in [0.25, 0.3) is 5.91 Å². The molecule has 0 unspecified atom stereocenters. The number of nitrogens with zero attached hydrogens (tertiary/aromatic N) is 1. The van der Waals surface area contributed by atoms with Crippen LogP contribution in [0.2, 0.25) is 0 Å². The van der Waals surface area contributed by atoms with Gasteiger partial charge in [-0.05, 0) is 36.5 Å². The third-order valence-electron chi connectivity index (χ3n) is 4.09. The van der Waals surface area contributed by atoms with Crippen molar-refractivity contribution in [2.75, 3.05) is 26.0 Å². The van der Waals surface area contributed by atoms with Gasteiger partial charge in [-0.1, -0.05) is 13.0 Å². The second-order valence-electron chi connectivity index (χ2n) is 5.98. The Labute approximate surface area is 131 Å². The Balaban J connectivity index is 2.18. The summed E-state index contributed by atoms with van der Waals surface area (Å²) in [4.78, 5) is 14.3. The van der Waals surface area contributed by atoms with E-state index in [1.54, 1.807) is 11.0 Å². The number of ether oxygens (including phenoxy) is 1. The Kier molecular flexibility index (Phi) is 4.77. The number of benzene rings is 1. The number of hydrogen-bond donors (Lipinski definition) is 1. The highest BCUT2D eigenvalue weighted by Gasteiger charge is 2.35. The summed E-state index contributed by atoms with van der Waals surface area (Å²) >= 11 is 0. The second kappa shape index (κ2) is 6.26. The zero-order chi connectivity index (χ0) is 16.5. The van der Waals surface area contributed by atoms with Crippen LogP contribution in [0.4, 0.5) is 0 Å². The molecule has 7 heteroatoms. The number of carbonyl (C=O) groups is 1. The number of primary sulfonamides is 1. The number of rotatable bonds is 4. The minimum Gasteiger partial charge on any atom is -0.496 e. The van der Waals surface area contributed by atoms with Gasteiger partial charge in [0.05, 0.1) is 18.4 Å². The van der Waals surface area contributed by atoms with E-state index in [2.05, 4.69) is 0 Å². The van der Waals surface area contributed by atoms with Crippen molar-refractivity contribution in [3.8, 4) is 5.75 Å². The Hall–Kier alpha value is -1.60. The first-order valence-corrected chi connectivity index (χ1v) is 8.87. The highest BCUT2D eigenvalue weighted by molar-refractivity contribution is 7.89. The third-order valence-corrected chi connectivity index (χ3v) is 4.98. The summed E-state index contributed by atoms with van der Waals surface area (Å²) in [5, 5.41) is 5.12. The van der Waals surface area contributed by atoms with E-state index < -0.39 is 10.0 Å². The summed E-state index contributed by atoms with van der Waals surface area (Å²) in [5.41, 5.74) is 1.51.